The summed E-state index contributed by atoms with van der Waals surface area (Å²) in [7, 11) is 1.88. The van der Waals surface area contributed by atoms with Crippen LogP contribution in [0.2, 0.25) is 0 Å². The van der Waals surface area contributed by atoms with Crippen LogP contribution < -0.4 is 4.90 Å². The van der Waals surface area contributed by atoms with Gasteiger partial charge in [0.1, 0.15) is 12.3 Å². The van der Waals surface area contributed by atoms with Gasteiger partial charge in [-0.1, -0.05) is 36.4 Å². The first-order valence-electron chi connectivity index (χ1n) is 8.55. The molecule has 26 heavy (non-hydrogen) atoms. The quantitative estimate of drug-likeness (QED) is 0.391. The van der Waals surface area contributed by atoms with E-state index in [1.165, 1.54) is 0 Å². The number of aromatic nitrogens is 1. The maximum Gasteiger partial charge on any atom is 0.313 e. The van der Waals surface area contributed by atoms with Crippen molar-refractivity contribution in [3.8, 4) is 0 Å². The number of anilines is 1. The first-order chi connectivity index (χ1) is 12.7. The second-order valence-corrected chi connectivity index (χ2v) is 5.77. The van der Waals surface area contributed by atoms with Crippen LogP contribution in [0.25, 0.3) is 10.9 Å². The Morgan fingerprint density at radius 2 is 1.77 bits per heavy atom. The highest BCUT2D eigenvalue weighted by molar-refractivity contribution is 6.07. The van der Waals surface area contributed by atoms with Crippen LogP contribution in [0.5, 0.6) is 0 Å². The summed E-state index contributed by atoms with van der Waals surface area (Å²) < 4.78 is 5.10. The molecular weight excluding hydrogens is 326 g/mol. The number of para-hydroxylation sites is 2. The lowest BCUT2D eigenvalue weighted by atomic mass is 10.2. The lowest BCUT2D eigenvalue weighted by molar-refractivity contribution is -0.141. The van der Waals surface area contributed by atoms with E-state index < -0.39 is 0 Å². The molecule has 1 heterocycles. The molecule has 1 aromatic heterocycles. The minimum absolute atomic E-state index is 0.0771. The Hall–Kier alpha value is -3.21. The van der Waals surface area contributed by atoms with E-state index in [4.69, 9.17) is 4.74 Å². The third-order valence-electron chi connectivity index (χ3n) is 3.97. The number of hydrogen-bond acceptors (Lipinski definition) is 4. The molecule has 0 aliphatic carbocycles. The maximum absolute atomic E-state index is 12.0. The Morgan fingerprint density at radius 1 is 1.04 bits per heavy atom. The minimum Gasteiger partial charge on any atom is -0.466 e. The molecule has 3 aromatic rings. The average Bonchev–Trinajstić information content (AvgIpc) is 2.67. The number of nitrogens with zero attached hydrogens (tertiary/aromatic N) is 3. The normalized spacial score (nSPS) is 11.4. The number of fused-ring (bicyclic) bond motifs is 1. The van der Waals surface area contributed by atoms with Crippen LogP contribution in [-0.4, -0.2) is 30.4 Å². The Kier molecular flexibility index (Phi) is 5.59. The number of benzene rings is 2. The largest absolute Gasteiger partial charge is 0.466 e. The lowest BCUT2D eigenvalue weighted by Crippen LogP contribution is -2.29. The third kappa shape index (κ3) is 4.25. The highest BCUT2D eigenvalue weighted by atomic mass is 16.5. The van der Waals surface area contributed by atoms with Gasteiger partial charge in [-0.15, -0.1) is 0 Å². The van der Waals surface area contributed by atoms with Crippen LogP contribution in [0.3, 0.4) is 0 Å². The van der Waals surface area contributed by atoms with E-state index in [-0.39, 0.29) is 12.4 Å². The Morgan fingerprint density at radius 3 is 2.54 bits per heavy atom. The average molecular weight is 347 g/mol. The second kappa shape index (κ2) is 8.25. The number of hydrogen-bond donors (Lipinski definition) is 0. The van der Waals surface area contributed by atoms with E-state index in [1.54, 1.807) is 6.92 Å². The predicted molar refractivity (Wildman–Crippen MR) is 105 cm³/mol. The molecular formula is C21H21N3O2. The van der Waals surface area contributed by atoms with Crippen molar-refractivity contribution in [2.24, 2.45) is 4.99 Å². The monoisotopic (exact) mass is 347 g/mol. The first kappa shape index (κ1) is 17.6. The van der Waals surface area contributed by atoms with Gasteiger partial charge in [-0.05, 0) is 37.3 Å². The Balaban J connectivity index is 1.97. The van der Waals surface area contributed by atoms with Gasteiger partial charge in [0, 0.05) is 18.1 Å². The molecule has 0 atom stereocenters. The molecule has 0 N–H and O–H groups in total. The number of ether oxygens (including phenoxy) is 1. The Labute approximate surface area is 153 Å². The van der Waals surface area contributed by atoms with Gasteiger partial charge in [0.25, 0.3) is 0 Å². The van der Waals surface area contributed by atoms with E-state index in [1.807, 2.05) is 78.7 Å². The molecule has 0 bridgehead atoms. The lowest BCUT2D eigenvalue weighted by Gasteiger charge is -2.21. The van der Waals surface area contributed by atoms with E-state index in [2.05, 4.69) is 9.98 Å². The molecule has 0 aliphatic rings. The van der Waals surface area contributed by atoms with Crippen molar-refractivity contribution in [3.63, 3.8) is 0 Å². The number of carbonyl (C=O) groups is 1. The number of esters is 1. The van der Waals surface area contributed by atoms with Crippen molar-refractivity contribution in [2.45, 2.75) is 13.3 Å². The summed E-state index contributed by atoms with van der Waals surface area (Å²) in [6.07, 6.45) is 0.0771. The fourth-order valence-electron chi connectivity index (χ4n) is 2.62. The van der Waals surface area contributed by atoms with Crippen LogP contribution in [0.15, 0.2) is 71.7 Å². The molecule has 0 aliphatic heterocycles. The molecule has 2 aromatic carbocycles. The van der Waals surface area contributed by atoms with E-state index in [9.17, 15) is 4.79 Å². The summed E-state index contributed by atoms with van der Waals surface area (Å²) in [5.74, 6) is 0.832. The summed E-state index contributed by atoms with van der Waals surface area (Å²) in [5, 5.41) is 1.05. The fraction of sp³-hybridized carbons (Fsp3) is 0.190. The third-order valence-corrected chi connectivity index (χ3v) is 3.97. The number of pyridine rings is 1. The number of aliphatic imine (C=N–C) groups is 1. The molecule has 0 spiro atoms. The zero-order valence-corrected chi connectivity index (χ0v) is 14.9. The summed E-state index contributed by atoms with van der Waals surface area (Å²) >= 11 is 0. The molecule has 0 saturated carbocycles. The van der Waals surface area contributed by atoms with Crippen LogP contribution >= 0.6 is 0 Å². The van der Waals surface area contributed by atoms with Gasteiger partial charge in [-0.2, -0.15) is 0 Å². The molecule has 0 radical (unpaired) electrons. The predicted octanol–water partition coefficient (Wildman–Crippen LogP) is 4.35. The molecule has 0 unspecified atom stereocenters. The van der Waals surface area contributed by atoms with Crippen LogP contribution in [0, 0.1) is 0 Å². The maximum atomic E-state index is 12.0. The SMILES string of the molecule is CCOC(=O)CC(=Nc1ccc2ccccc2n1)N(C)c1ccccc1. The highest BCUT2D eigenvalue weighted by Crippen LogP contribution is 2.20. The number of amidine groups is 1. The van der Waals surface area contributed by atoms with Crippen molar-refractivity contribution in [3.05, 3.63) is 66.7 Å². The van der Waals surface area contributed by atoms with Gasteiger partial charge in [0.15, 0.2) is 5.82 Å². The summed E-state index contributed by atoms with van der Waals surface area (Å²) in [4.78, 5) is 23.1. The number of rotatable bonds is 5. The van der Waals surface area contributed by atoms with Gasteiger partial charge >= 0.3 is 5.97 Å². The van der Waals surface area contributed by atoms with Gasteiger partial charge in [0.05, 0.1) is 12.1 Å². The van der Waals surface area contributed by atoms with Crippen molar-refractivity contribution in [1.82, 2.24) is 4.98 Å². The summed E-state index contributed by atoms with van der Waals surface area (Å²) in [6.45, 7) is 2.13. The van der Waals surface area contributed by atoms with Crippen molar-refractivity contribution < 1.29 is 9.53 Å². The van der Waals surface area contributed by atoms with Crippen molar-refractivity contribution >= 4 is 34.2 Å². The van der Waals surface area contributed by atoms with Gasteiger partial charge in [-0.3, -0.25) is 4.79 Å². The molecule has 0 saturated heterocycles. The van der Waals surface area contributed by atoms with Gasteiger partial charge < -0.3 is 9.64 Å². The van der Waals surface area contributed by atoms with E-state index in [0.717, 1.165) is 16.6 Å². The highest BCUT2D eigenvalue weighted by Gasteiger charge is 2.15. The molecule has 3 rings (SSSR count). The van der Waals surface area contributed by atoms with Gasteiger partial charge in [-0.25, -0.2) is 9.98 Å². The molecule has 132 valence electrons. The topological polar surface area (TPSA) is 54.8 Å². The van der Waals surface area contributed by atoms with E-state index in [0.29, 0.717) is 18.3 Å². The van der Waals surface area contributed by atoms with Crippen molar-refractivity contribution in [2.75, 3.05) is 18.6 Å². The number of carbonyl (C=O) groups excluding carboxylic acids is 1. The summed E-state index contributed by atoms with van der Waals surface area (Å²) in [6, 6.07) is 21.5. The summed E-state index contributed by atoms with van der Waals surface area (Å²) in [5.41, 5.74) is 1.81. The van der Waals surface area contributed by atoms with E-state index >= 15 is 0 Å². The molecule has 0 fully saturated rings. The second-order valence-electron chi connectivity index (χ2n) is 5.77. The van der Waals surface area contributed by atoms with Gasteiger partial charge in [0.2, 0.25) is 0 Å². The Bertz CT molecular complexity index is 923. The van der Waals surface area contributed by atoms with Crippen LogP contribution in [-0.2, 0) is 9.53 Å². The van der Waals surface area contributed by atoms with Crippen molar-refractivity contribution in [1.29, 1.82) is 0 Å². The fourth-order valence-corrected chi connectivity index (χ4v) is 2.62. The molecule has 5 nitrogen and oxygen atoms in total. The zero-order chi connectivity index (χ0) is 18.4. The smallest absolute Gasteiger partial charge is 0.313 e. The standard InChI is InChI=1S/C21H21N3O2/c1-3-26-21(25)15-20(24(2)17-10-5-4-6-11-17)23-19-14-13-16-9-7-8-12-18(16)22-19/h4-14H,3,15H2,1-2H3. The minimum atomic E-state index is -0.310. The first-order valence-corrected chi connectivity index (χ1v) is 8.55. The van der Waals surface area contributed by atoms with Crippen LogP contribution in [0.1, 0.15) is 13.3 Å². The molecule has 0 amide bonds. The molecule has 5 heteroatoms. The zero-order valence-electron chi connectivity index (χ0n) is 14.9. The van der Waals surface area contributed by atoms with Crippen LogP contribution in [0.4, 0.5) is 11.5 Å².